The first kappa shape index (κ1) is 20.9. The van der Waals surface area contributed by atoms with Gasteiger partial charge in [0.1, 0.15) is 0 Å². The van der Waals surface area contributed by atoms with Gasteiger partial charge in [-0.25, -0.2) is 0 Å². The van der Waals surface area contributed by atoms with Crippen molar-refractivity contribution < 1.29 is 9.47 Å². The third-order valence-electron chi connectivity index (χ3n) is 4.56. The van der Waals surface area contributed by atoms with Crippen molar-refractivity contribution in [1.29, 1.82) is 0 Å². The van der Waals surface area contributed by atoms with Gasteiger partial charge in [0.05, 0.1) is 0 Å². The van der Waals surface area contributed by atoms with Gasteiger partial charge in [-0.15, -0.1) is 0 Å². The van der Waals surface area contributed by atoms with Gasteiger partial charge in [-0.05, 0) is 26.3 Å². The molecule has 0 aliphatic rings. The predicted octanol–water partition coefficient (Wildman–Crippen LogP) is 4.75. The van der Waals surface area contributed by atoms with Crippen LogP contribution in [0.2, 0.25) is 0 Å². The van der Waals surface area contributed by atoms with Crippen molar-refractivity contribution in [2.45, 2.75) is 84.3 Å². The van der Waals surface area contributed by atoms with Crippen LogP contribution in [-0.2, 0) is 9.47 Å². The molecule has 1 atom stereocenters. The van der Waals surface area contributed by atoms with Crippen molar-refractivity contribution in [3.63, 3.8) is 0 Å². The summed E-state index contributed by atoms with van der Waals surface area (Å²) in [6.07, 6.45) is 11.7. The van der Waals surface area contributed by atoms with Gasteiger partial charge < -0.3 is 14.8 Å². The molecular weight excluding hydrogens is 262 g/mol. The Hall–Kier alpha value is -0.120. The molecule has 0 aromatic rings. The fourth-order valence-electron chi connectivity index (χ4n) is 2.72. The molecular formula is C18H39NO2. The maximum atomic E-state index is 5.64. The average Bonchev–Trinajstić information content (AvgIpc) is 2.51. The van der Waals surface area contributed by atoms with E-state index in [2.05, 4.69) is 26.1 Å². The van der Waals surface area contributed by atoms with E-state index in [9.17, 15) is 0 Å². The molecule has 0 amide bonds. The summed E-state index contributed by atoms with van der Waals surface area (Å²) in [4.78, 5) is 0. The maximum absolute atomic E-state index is 5.64. The minimum absolute atomic E-state index is 0.413. The summed E-state index contributed by atoms with van der Waals surface area (Å²) in [5, 5.41) is 3.56. The second-order valence-electron chi connectivity index (χ2n) is 6.24. The highest BCUT2D eigenvalue weighted by Crippen LogP contribution is 2.27. The van der Waals surface area contributed by atoms with E-state index >= 15 is 0 Å². The third-order valence-corrected chi connectivity index (χ3v) is 4.56. The molecule has 0 aliphatic carbocycles. The van der Waals surface area contributed by atoms with Crippen molar-refractivity contribution in [1.82, 2.24) is 5.32 Å². The molecule has 0 radical (unpaired) electrons. The number of hydrogen-bond donors (Lipinski definition) is 1. The Labute approximate surface area is 133 Å². The van der Waals surface area contributed by atoms with Crippen molar-refractivity contribution in [3.8, 4) is 0 Å². The zero-order valence-electron chi connectivity index (χ0n) is 15.2. The molecule has 0 saturated heterocycles. The number of nitrogens with one attached hydrogen (secondary N) is 1. The van der Waals surface area contributed by atoms with Crippen LogP contribution in [0.5, 0.6) is 0 Å². The molecule has 0 fully saturated rings. The van der Waals surface area contributed by atoms with Crippen LogP contribution < -0.4 is 5.32 Å². The van der Waals surface area contributed by atoms with E-state index in [0.717, 1.165) is 13.1 Å². The largest absolute Gasteiger partial charge is 0.353 e. The molecule has 0 heterocycles. The molecule has 21 heavy (non-hydrogen) atoms. The van der Waals surface area contributed by atoms with Crippen LogP contribution in [0, 0.1) is 5.92 Å². The summed E-state index contributed by atoms with van der Waals surface area (Å²) in [7, 11) is 3.51. The molecule has 0 aromatic carbocycles. The minimum Gasteiger partial charge on any atom is -0.353 e. The van der Waals surface area contributed by atoms with Gasteiger partial charge in [-0.1, -0.05) is 58.8 Å². The second kappa shape index (κ2) is 13.5. The molecule has 3 nitrogen and oxygen atoms in total. The number of hydrogen-bond acceptors (Lipinski definition) is 3. The SMILES string of the molecule is CCCCCCCCC(CNCCCC)C(C)(OC)OC. The normalized spacial score (nSPS) is 13.6. The highest BCUT2D eigenvalue weighted by Gasteiger charge is 2.33. The summed E-state index contributed by atoms with van der Waals surface area (Å²) in [6.45, 7) is 8.63. The average molecular weight is 302 g/mol. The highest BCUT2D eigenvalue weighted by molar-refractivity contribution is 4.77. The lowest BCUT2D eigenvalue weighted by atomic mass is 9.92. The molecule has 1 unspecified atom stereocenters. The standard InChI is InChI=1S/C18H39NO2/c1-6-8-10-11-12-13-14-17(16-19-15-9-7-2)18(3,20-4)21-5/h17,19H,6-16H2,1-5H3. The minimum atomic E-state index is -0.470. The quantitative estimate of drug-likeness (QED) is 0.350. The van der Waals surface area contributed by atoms with Gasteiger partial charge in [0.2, 0.25) is 0 Å². The molecule has 0 aliphatic heterocycles. The first-order valence-electron chi connectivity index (χ1n) is 8.95. The summed E-state index contributed by atoms with van der Waals surface area (Å²) in [5.41, 5.74) is 0. The van der Waals surface area contributed by atoms with Crippen LogP contribution in [0.1, 0.15) is 78.6 Å². The molecule has 3 heteroatoms. The predicted molar refractivity (Wildman–Crippen MR) is 91.7 cm³/mol. The van der Waals surface area contributed by atoms with Gasteiger partial charge in [0.25, 0.3) is 0 Å². The molecule has 1 N–H and O–H groups in total. The zero-order valence-corrected chi connectivity index (χ0v) is 15.2. The molecule has 0 spiro atoms. The fourth-order valence-corrected chi connectivity index (χ4v) is 2.72. The summed E-state index contributed by atoms with van der Waals surface area (Å²) < 4.78 is 11.3. The van der Waals surface area contributed by atoms with E-state index < -0.39 is 5.79 Å². The Morgan fingerprint density at radius 1 is 0.857 bits per heavy atom. The lowest BCUT2D eigenvalue weighted by Gasteiger charge is -2.35. The van der Waals surface area contributed by atoms with Gasteiger partial charge >= 0.3 is 0 Å². The summed E-state index contributed by atoms with van der Waals surface area (Å²) in [5.74, 6) is -0.0571. The molecule has 0 bridgehead atoms. The van der Waals surface area contributed by atoms with Crippen LogP contribution in [0.15, 0.2) is 0 Å². The number of ether oxygens (including phenoxy) is 2. The van der Waals surface area contributed by atoms with Crippen molar-refractivity contribution in [2.75, 3.05) is 27.3 Å². The van der Waals surface area contributed by atoms with Crippen LogP contribution in [0.25, 0.3) is 0 Å². The zero-order chi connectivity index (χ0) is 16.0. The lowest BCUT2D eigenvalue weighted by molar-refractivity contribution is -0.227. The molecule has 0 rings (SSSR count). The Morgan fingerprint density at radius 2 is 1.43 bits per heavy atom. The summed E-state index contributed by atoms with van der Waals surface area (Å²) in [6, 6.07) is 0. The first-order valence-corrected chi connectivity index (χ1v) is 8.95. The van der Waals surface area contributed by atoms with Crippen LogP contribution in [0.3, 0.4) is 0 Å². The fraction of sp³-hybridized carbons (Fsp3) is 1.00. The van der Waals surface area contributed by atoms with Gasteiger partial charge in [-0.3, -0.25) is 0 Å². The van der Waals surface area contributed by atoms with Crippen molar-refractivity contribution >= 4 is 0 Å². The van der Waals surface area contributed by atoms with E-state index in [4.69, 9.17) is 9.47 Å². The summed E-state index contributed by atoms with van der Waals surface area (Å²) >= 11 is 0. The maximum Gasteiger partial charge on any atom is 0.168 e. The van der Waals surface area contributed by atoms with Crippen LogP contribution >= 0.6 is 0 Å². The first-order chi connectivity index (χ1) is 10.1. The van der Waals surface area contributed by atoms with Crippen molar-refractivity contribution in [3.05, 3.63) is 0 Å². The topological polar surface area (TPSA) is 30.5 Å². The third kappa shape index (κ3) is 9.49. The van der Waals surface area contributed by atoms with Crippen LogP contribution in [-0.4, -0.2) is 33.1 Å². The monoisotopic (exact) mass is 301 g/mol. The van der Waals surface area contributed by atoms with Gasteiger partial charge in [0, 0.05) is 26.7 Å². The number of unbranched alkanes of at least 4 members (excludes halogenated alkanes) is 6. The van der Waals surface area contributed by atoms with Gasteiger partial charge in [-0.2, -0.15) is 0 Å². The lowest BCUT2D eigenvalue weighted by Crippen LogP contribution is -2.44. The molecule has 128 valence electrons. The Balaban J connectivity index is 4.12. The highest BCUT2D eigenvalue weighted by atomic mass is 16.7. The van der Waals surface area contributed by atoms with E-state index in [1.54, 1.807) is 14.2 Å². The smallest absolute Gasteiger partial charge is 0.168 e. The van der Waals surface area contributed by atoms with E-state index in [0.29, 0.717) is 5.92 Å². The van der Waals surface area contributed by atoms with E-state index in [-0.39, 0.29) is 0 Å². The second-order valence-corrected chi connectivity index (χ2v) is 6.24. The number of methoxy groups -OCH3 is 2. The van der Waals surface area contributed by atoms with E-state index in [1.807, 2.05) is 0 Å². The number of rotatable bonds is 15. The Kier molecular flexibility index (Phi) is 13.5. The molecule has 0 saturated carbocycles. The van der Waals surface area contributed by atoms with Gasteiger partial charge in [0.15, 0.2) is 5.79 Å². The molecule has 0 aromatic heterocycles. The van der Waals surface area contributed by atoms with Crippen LogP contribution in [0.4, 0.5) is 0 Å². The van der Waals surface area contributed by atoms with E-state index in [1.165, 1.54) is 57.8 Å². The Morgan fingerprint density at radius 3 is 2.00 bits per heavy atom. The van der Waals surface area contributed by atoms with Crippen molar-refractivity contribution in [2.24, 2.45) is 5.92 Å². The Bertz CT molecular complexity index is 217.